The summed E-state index contributed by atoms with van der Waals surface area (Å²) >= 11 is 0. The molecule has 170 valence electrons. The molecule has 4 rings (SSSR count). The van der Waals surface area contributed by atoms with Gasteiger partial charge in [-0.25, -0.2) is 4.79 Å². The first-order valence-corrected chi connectivity index (χ1v) is 11.6. The Hall–Kier alpha value is -1.53. The fourth-order valence-electron chi connectivity index (χ4n) is 5.31. The van der Waals surface area contributed by atoms with E-state index in [9.17, 15) is 4.79 Å². The standard InChI is InChI=1S/C25H38BNO4/c1-16-20-14-17-10-11-18(26-30-23(5,6)24(7,8)31-26)15-19(17)25(16,9)12-13-27(20)21(28)29-22(2,3)4/h10-11,15-16,20H,12-14H2,1-9H3/t16?,20?,25-/m1/s1. The van der Waals surface area contributed by atoms with E-state index in [-0.39, 0.29) is 35.9 Å². The number of hydrogen-bond donors (Lipinski definition) is 0. The number of benzene rings is 1. The molecule has 0 aromatic heterocycles. The van der Waals surface area contributed by atoms with Gasteiger partial charge in [-0.3, -0.25) is 0 Å². The minimum absolute atomic E-state index is 0.0103. The van der Waals surface area contributed by atoms with Crippen LogP contribution in [0.15, 0.2) is 18.2 Å². The Bertz CT molecular complexity index is 874. The van der Waals surface area contributed by atoms with Crippen LogP contribution in [0.3, 0.4) is 0 Å². The molecule has 6 heteroatoms. The lowest BCUT2D eigenvalue weighted by Gasteiger charge is -2.54. The fraction of sp³-hybridized carbons (Fsp3) is 0.720. The SMILES string of the molecule is CC1C2Cc3ccc(B4OC(C)(C)C(C)(C)O4)cc3[C@]1(C)CCN2C(=O)OC(C)(C)C. The maximum atomic E-state index is 12.9. The summed E-state index contributed by atoms with van der Waals surface area (Å²) in [6, 6.07) is 6.80. The normalized spacial score (nSPS) is 31.4. The fourth-order valence-corrected chi connectivity index (χ4v) is 5.31. The highest BCUT2D eigenvalue weighted by atomic mass is 16.7. The van der Waals surface area contributed by atoms with Crippen LogP contribution >= 0.6 is 0 Å². The van der Waals surface area contributed by atoms with E-state index in [4.69, 9.17) is 14.0 Å². The molecule has 31 heavy (non-hydrogen) atoms. The predicted octanol–water partition coefficient (Wildman–Crippen LogP) is 4.45. The third kappa shape index (κ3) is 3.70. The van der Waals surface area contributed by atoms with E-state index in [0.717, 1.165) is 24.8 Å². The summed E-state index contributed by atoms with van der Waals surface area (Å²) in [4.78, 5) is 14.9. The molecule has 1 amide bonds. The molecule has 2 saturated heterocycles. The molecule has 2 bridgehead atoms. The van der Waals surface area contributed by atoms with Crippen molar-refractivity contribution < 1.29 is 18.8 Å². The van der Waals surface area contributed by atoms with Gasteiger partial charge in [-0.2, -0.15) is 0 Å². The monoisotopic (exact) mass is 427 g/mol. The van der Waals surface area contributed by atoms with Gasteiger partial charge in [-0.05, 0) is 89.2 Å². The number of rotatable bonds is 1. The second-order valence-electron chi connectivity index (χ2n) is 11.9. The third-order valence-corrected chi connectivity index (χ3v) is 8.19. The second-order valence-corrected chi connectivity index (χ2v) is 11.9. The molecule has 1 aromatic carbocycles. The zero-order valence-corrected chi connectivity index (χ0v) is 20.7. The minimum atomic E-state index is -0.481. The number of nitrogens with zero attached hydrogens (tertiary/aromatic N) is 1. The van der Waals surface area contributed by atoms with E-state index in [0.29, 0.717) is 5.92 Å². The highest BCUT2D eigenvalue weighted by Crippen LogP contribution is 2.48. The second kappa shape index (κ2) is 6.98. The Morgan fingerprint density at radius 3 is 2.32 bits per heavy atom. The smallest absolute Gasteiger partial charge is 0.444 e. The molecule has 5 nitrogen and oxygen atoms in total. The van der Waals surface area contributed by atoms with Crippen LogP contribution in [0.1, 0.15) is 79.9 Å². The first-order valence-electron chi connectivity index (χ1n) is 11.6. The van der Waals surface area contributed by atoms with Gasteiger partial charge in [0.1, 0.15) is 5.60 Å². The number of carbonyl (C=O) groups excluding carboxylic acids is 1. The first-order chi connectivity index (χ1) is 14.1. The van der Waals surface area contributed by atoms with Crippen LogP contribution in [0.2, 0.25) is 0 Å². The molecule has 2 heterocycles. The van der Waals surface area contributed by atoms with E-state index in [1.165, 1.54) is 11.1 Å². The zero-order valence-electron chi connectivity index (χ0n) is 20.7. The molecule has 3 atom stereocenters. The van der Waals surface area contributed by atoms with Gasteiger partial charge in [0.25, 0.3) is 0 Å². The van der Waals surface area contributed by atoms with E-state index < -0.39 is 5.60 Å². The van der Waals surface area contributed by atoms with Gasteiger partial charge < -0.3 is 18.9 Å². The lowest BCUT2D eigenvalue weighted by Crippen LogP contribution is -2.60. The molecule has 2 fully saturated rings. The number of ether oxygens (including phenoxy) is 1. The topological polar surface area (TPSA) is 48.0 Å². The number of hydrogen-bond acceptors (Lipinski definition) is 4. The Morgan fingerprint density at radius 1 is 1.13 bits per heavy atom. The molecule has 1 aromatic rings. The summed E-state index contributed by atoms with van der Waals surface area (Å²) < 4.78 is 18.3. The molecule has 0 N–H and O–H groups in total. The Labute approximate surface area is 188 Å². The summed E-state index contributed by atoms with van der Waals surface area (Å²) in [5.41, 5.74) is 2.61. The molecule has 3 aliphatic rings. The van der Waals surface area contributed by atoms with Crippen molar-refractivity contribution in [1.82, 2.24) is 4.90 Å². The van der Waals surface area contributed by atoms with Gasteiger partial charge in [0.2, 0.25) is 0 Å². The van der Waals surface area contributed by atoms with Crippen LogP contribution in [-0.2, 0) is 25.9 Å². The summed E-state index contributed by atoms with van der Waals surface area (Å²) in [6.07, 6.45) is 1.59. The number of fused-ring (bicyclic) bond motifs is 4. The Morgan fingerprint density at radius 2 is 1.74 bits per heavy atom. The number of carbonyl (C=O) groups is 1. The first kappa shape index (κ1) is 22.7. The molecular formula is C25H38BNO4. The number of amides is 1. The largest absolute Gasteiger partial charge is 0.494 e. The zero-order chi connectivity index (χ0) is 23.0. The van der Waals surface area contributed by atoms with Crippen molar-refractivity contribution in [2.75, 3.05) is 6.54 Å². The van der Waals surface area contributed by atoms with Crippen molar-refractivity contribution in [3.05, 3.63) is 29.3 Å². The van der Waals surface area contributed by atoms with Crippen molar-refractivity contribution in [3.63, 3.8) is 0 Å². The van der Waals surface area contributed by atoms with Gasteiger partial charge >= 0.3 is 13.2 Å². The highest BCUT2D eigenvalue weighted by molar-refractivity contribution is 6.62. The van der Waals surface area contributed by atoms with E-state index in [1.807, 2.05) is 25.7 Å². The lowest BCUT2D eigenvalue weighted by atomic mass is 9.58. The highest BCUT2D eigenvalue weighted by Gasteiger charge is 2.53. The van der Waals surface area contributed by atoms with E-state index in [2.05, 4.69) is 59.7 Å². The summed E-state index contributed by atoms with van der Waals surface area (Å²) in [5.74, 6) is 0.342. The summed E-state index contributed by atoms with van der Waals surface area (Å²) in [7, 11) is -0.353. The summed E-state index contributed by atoms with van der Waals surface area (Å²) in [5, 5.41) is 0. The van der Waals surface area contributed by atoms with Gasteiger partial charge in [-0.1, -0.05) is 32.0 Å². The van der Waals surface area contributed by atoms with Crippen LogP contribution in [0.25, 0.3) is 0 Å². The third-order valence-electron chi connectivity index (χ3n) is 8.19. The predicted molar refractivity (Wildman–Crippen MR) is 124 cm³/mol. The van der Waals surface area contributed by atoms with Crippen molar-refractivity contribution in [3.8, 4) is 0 Å². The van der Waals surface area contributed by atoms with Crippen molar-refractivity contribution in [2.45, 2.75) is 103 Å². The number of likely N-dealkylation sites (tertiary alicyclic amines) is 1. The Kier molecular flexibility index (Phi) is 5.11. The van der Waals surface area contributed by atoms with Crippen molar-refractivity contribution >= 4 is 18.7 Å². The average Bonchev–Trinajstić information content (AvgIpc) is 2.84. The average molecular weight is 427 g/mol. The van der Waals surface area contributed by atoms with Crippen molar-refractivity contribution in [1.29, 1.82) is 0 Å². The van der Waals surface area contributed by atoms with Gasteiger partial charge in [-0.15, -0.1) is 0 Å². The lowest BCUT2D eigenvalue weighted by molar-refractivity contribution is -0.0164. The summed E-state index contributed by atoms with van der Waals surface area (Å²) in [6.45, 7) is 19.5. The van der Waals surface area contributed by atoms with E-state index >= 15 is 0 Å². The minimum Gasteiger partial charge on any atom is -0.444 e. The van der Waals surface area contributed by atoms with Crippen LogP contribution in [0, 0.1) is 5.92 Å². The van der Waals surface area contributed by atoms with Gasteiger partial charge in [0.05, 0.1) is 11.2 Å². The molecule has 0 saturated carbocycles. The van der Waals surface area contributed by atoms with Crippen LogP contribution in [0.4, 0.5) is 4.79 Å². The Balaban J connectivity index is 1.64. The quantitative estimate of drug-likeness (QED) is 0.622. The molecule has 1 aliphatic carbocycles. The molecule has 2 unspecified atom stereocenters. The van der Waals surface area contributed by atoms with Crippen LogP contribution < -0.4 is 5.46 Å². The maximum absolute atomic E-state index is 12.9. The molecule has 2 aliphatic heterocycles. The molecule has 0 spiro atoms. The van der Waals surface area contributed by atoms with Crippen LogP contribution in [-0.4, -0.2) is 47.5 Å². The van der Waals surface area contributed by atoms with Gasteiger partial charge in [0.15, 0.2) is 0 Å². The van der Waals surface area contributed by atoms with Crippen LogP contribution in [0.5, 0.6) is 0 Å². The number of piperidine rings is 1. The molecule has 0 radical (unpaired) electrons. The van der Waals surface area contributed by atoms with E-state index in [1.54, 1.807) is 0 Å². The molecular weight excluding hydrogens is 389 g/mol. The van der Waals surface area contributed by atoms with Gasteiger partial charge in [0, 0.05) is 12.6 Å². The van der Waals surface area contributed by atoms with Crippen molar-refractivity contribution in [2.24, 2.45) is 5.92 Å². The maximum Gasteiger partial charge on any atom is 0.494 e.